The van der Waals surface area contributed by atoms with Crippen LogP contribution in [0.25, 0.3) is 4.72 Å². The molecule has 0 saturated heterocycles. The molecule has 0 rings (SSSR count). The van der Waals surface area contributed by atoms with Crippen molar-refractivity contribution in [3.63, 3.8) is 0 Å². The van der Waals surface area contributed by atoms with Crippen molar-refractivity contribution >= 4 is 10.0 Å². The van der Waals surface area contributed by atoms with Crippen LogP contribution in [0.1, 0.15) is 7.43 Å². The lowest BCUT2D eigenvalue weighted by molar-refractivity contribution is 0.608. The SMILES string of the molecule is C.C[N-]S(C)(=O)=O. The van der Waals surface area contributed by atoms with Gasteiger partial charge in [0, 0.05) is 6.26 Å². The van der Waals surface area contributed by atoms with E-state index in [2.05, 4.69) is 4.72 Å². The zero-order chi connectivity index (χ0) is 5.21. The third kappa shape index (κ3) is 10.7. The van der Waals surface area contributed by atoms with Gasteiger partial charge in [0.25, 0.3) is 0 Å². The first-order chi connectivity index (χ1) is 2.56. The zero-order valence-corrected chi connectivity index (χ0v) is 4.49. The summed E-state index contributed by atoms with van der Waals surface area (Å²) in [5.74, 6) is 0. The van der Waals surface area contributed by atoms with E-state index in [0.29, 0.717) is 0 Å². The van der Waals surface area contributed by atoms with Crippen LogP contribution in [0.5, 0.6) is 0 Å². The van der Waals surface area contributed by atoms with E-state index >= 15 is 0 Å². The fourth-order valence-electron chi connectivity index (χ4n) is 0. The van der Waals surface area contributed by atoms with E-state index in [-0.39, 0.29) is 7.43 Å². The summed E-state index contributed by atoms with van der Waals surface area (Å²) in [6.07, 6.45) is 1.05. The molecule has 4 heteroatoms. The highest BCUT2D eigenvalue weighted by molar-refractivity contribution is 7.93. The maximum Gasteiger partial charge on any atom is 0.0690 e. The smallest absolute Gasteiger partial charge is 0.0690 e. The monoisotopic (exact) mass is 124 g/mol. The van der Waals surface area contributed by atoms with Crippen molar-refractivity contribution in [2.45, 2.75) is 7.43 Å². The van der Waals surface area contributed by atoms with Gasteiger partial charge in [-0.25, -0.2) is 8.42 Å². The first-order valence-corrected chi connectivity index (χ1v) is 3.22. The molecule has 46 valence electrons. The molecule has 0 aliphatic heterocycles. The van der Waals surface area contributed by atoms with Crippen LogP contribution in [-0.4, -0.2) is 21.7 Å². The zero-order valence-electron chi connectivity index (χ0n) is 3.67. The molecule has 0 amide bonds. The predicted octanol–water partition coefficient (Wildman–Crippen LogP) is 0.586. The Hall–Kier alpha value is -0.0900. The number of hydrogen-bond acceptors (Lipinski definition) is 2. The van der Waals surface area contributed by atoms with Crippen molar-refractivity contribution in [2.24, 2.45) is 0 Å². The lowest BCUT2D eigenvalue weighted by atomic mass is 11.6. The van der Waals surface area contributed by atoms with Crippen LogP contribution in [0.4, 0.5) is 0 Å². The fraction of sp³-hybridized carbons (Fsp3) is 1.00. The van der Waals surface area contributed by atoms with Crippen molar-refractivity contribution in [3.8, 4) is 0 Å². The third-order valence-electron chi connectivity index (χ3n) is 0.332. The Labute approximate surface area is 44.8 Å². The van der Waals surface area contributed by atoms with Gasteiger partial charge in [0.2, 0.25) is 0 Å². The second kappa shape index (κ2) is 2.98. The van der Waals surface area contributed by atoms with Crippen LogP contribution in [0.15, 0.2) is 0 Å². The molecule has 0 saturated carbocycles. The van der Waals surface area contributed by atoms with E-state index in [0.717, 1.165) is 6.26 Å². The van der Waals surface area contributed by atoms with E-state index in [1.54, 1.807) is 0 Å². The molecule has 0 aromatic carbocycles. The Morgan fingerprint density at radius 1 is 1.43 bits per heavy atom. The van der Waals surface area contributed by atoms with Crippen LogP contribution >= 0.6 is 0 Å². The maximum atomic E-state index is 9.83. The molecule has 0 unspecified atom stereocenters. The van der Waals surface area contributed by atoms with Crippen molar-refractivity contribution in [3.05, 3.63) is 4.72 Å². The van der Waals surface area contributed by atoms with Crippen molar-refractivity contribution in [1.29, 1.82) is 0 Å². The van der Waals surface area contributed by atoms with Gasteiger partial charge in [-0.15, -0.1) is 0 Å². The van der Waals surface area contributed by atoms with Gasteiger partial charge in [-0.2, -0.15) is 7.05 Å². The highest BCUT2D eigenvalue weighted by atomic mass is 32.2. The normalized spacial score (nSPS) is 10.0. The van der Waals surface area contributed by atoms with Crippen LogP contribution in [-0.2, 0) is 10.0 Å². The Bertz CT molecular complexity index is 115. The summed E-state index contributed by atoms with van der Waals surface area (Å²) in [5.41, 5.74) is 0. The van der Waals surface area contributed by atoms with Gasteiger partial charge in [0.05, 0.1) is 10.0 Å². The maximum absolute atomic E-state index is 9.83. The highest BCUT2D eigenvalue weighted by Gasteiger charge is 1.73. The number of nitrogens with zero attached hydrogens (tertiary/aromatic N) is 1. The molecule has 0 heterocycles. The van der Waals surface area contributed by atoms with Gasteiger partial charge in [-0.3, -0.25) is 0 Å². The molecule has 0 spiro atoms. The van der Waals surface area contributed by atoms with Gasteiger partial charge < -0.3 is 4.72 Å². The Balaban J connectivity index is 0. The molecule has 3 nitrogen and oxygen atoms in total. The van der Waals surface area contributed by atoms with Crippen LogP contribution in [0.3, 0.4) is 0 Å². The van der Waals surface area contributed by atoms with Gasteiger partial charge in [-0.05, 0) is 0 Å². The molecule has 0 aliphatic rings. The standard InChI is InChI=1S/C2H6NO2S.CH4/c1-3-6(2,4)5;/h1-2H3;1H4/q-1;. The molecule has 0 N–H and O–H groups in total. The molecule has 7 heavy (non-hydrogen) atoms. The molecule has 0 bridgehead atoms. The molecular weight excluding hydrogens is 114 g/mol. The summed E-state index contributed by atoms with van der Waals surface area (Å²) in [6.45, 7) is 0. The van der Waals surface area contributed by atoms with Crippen molar-refractivity contribution < 1.29 is 8.42 Å². The summed E-state index contributed by atoms with van der Waals surface area (Å²) in [4.78, 5) is 0. The van der Waals surface area contributed by atoms with E-state index < -0.39 is 10.0 Å². The van der Waals surface area contributed by atoms with Crippen LogP contribution < -0.4 is 0 Å². The summed E-state index contributed by atoms with van der Waals surface area (Å²) in [6, 6.07) is 0. The van der Waals surface area contributed by atoms with Crippen LogP contribution in [0.2, 0.25) is 0 Å². The second-order valence-corrected chi connectivity index (χ2v) is 2.75. The van der Waals surface area contributed by atoms with Gasteiger partial charge in [0.1, 0.15) is 0 Å². The van der Waals surface area contributed by atoms with Gasteiger partial charge in [-0.1, -0.05) is 7.43 Å². The van der Waals surface area contributed by atoms with E-state index in [1.807, 2.05) is 0 Å². The largest absolute Gasteiger partial charge is 0.552 e. The number of sulfonamides is 1. The van der Waals surface area contributed by atoms with Gasteiger partial charge in [0.15, 0.2) is 0 Å². The van der Waals surface area contributed by atoms with E-state index in [1.165, 1.54) is 7.05 Å². The number of hydrogen-bond donors (Lipinski definition) is 0. The van der Waals surface area contributed by atoms with Crippen LogP contribution in [0, 0.1) is 0 Å². The van der Waals surface area contributed by atoms with Crippen molar-refractivity contribution in [2.75, 3.05) is 13.3 Å². The van der Waals surface area contributed by atoms with Gasteiger partial charge >= 0.3 is 0 Å². The predicted molar refractivity (Wildman–Crippen MR) is 30.9 cm³/mol. The Morgan fingerprint density at radius 2 is 1.57 bits per heavy atom. The molecule has 0 fully saturated rings. The van der Waals surface area contributed by atoms with Crippen molar-refractivity contribution in [1.82, 2.24) is 0 Å². The lowest BCUT2D eigenvalue weighted by Gasteiger charge is -2.03. The summed E-state index contributed by atoms with van der Waals surface area (Å²) in [5, 5.41) is 0. The summed E-state index contributed by atoms with van der Waals surface area (Å²) in [7, 11) is -1.79. The molecule has 0 aromatic heterocycles. The lowest BCUT2D eigenvalue weighted by Crippen LogP contribution is -1.88. The highest BCUT2D eigenvalue weighted by Crippen LogP contribution is 1.86. The topological polar surface area (TPSA) is 48.2 Å². The minimum Gasteiger partial charge on any atom is -0.552 e. The number of rotatable bonds is 1. The minimum atomic E-state index is -3.04. The quantitative estimate of drug-likeness (QED) is 0.513. The van der Waals surface area contributed by atoms with E-state index in [4.69, 9.17) is 0 Å². The first-order valence-electron chi connectivity index (χ1n) is 1.37. The summed E-state index contributed by atoms with van der Waals surface area (Å²) < 4.78 is 22.7. The summed E-state index contributed by atoms with van der Waals surface area (Å²) >= 11 is 0. The van der Waals surface area contributed by atoms with E-state index in [9.17, 15) is 8.42 Å². The molecule has 0 aromatic rings. The minimum absolute atomic E-state index is 0. The Kier molecular flexibility index (Phi) is 4.27. The third-order valence-corrected chi connectivity index (χ3v) is 0.995. The molecule has 0 aliphatic carbocycles. The molecule has 0 atom stereocenters. The average Bonchev–Trinajstić information content (AvgIpc) is 1.35. The fourth-order valence-corrected chi connectivity index (χ4v) is 0. The molecular formula is C3H10NO2S-. The molecule has 0 radical (unpaired) electrons. The average molecular weight is 124 g/mol. The Morgan fingerprint density at radius 3 is 1.57 bits per heavy atom. The first kappa shape index (κ1) is 10.0. The second-order valence-electron chi connectivity index (χ2n) is 0.916.